The van der Waals surface area contributed by atoms with Gasteiger partial charge in [0.25, 0.3) is 5.91 Å². The highest BCUT2D eigenvalue weighted by Gasteiger charge is 2.69. The van der Waals surface area contributed by atoms with Crippen molar-refractivity contribution in [3.8, 4) is 0 Å². The van der Waals surface area contributed by atoms with Crippen LogP contribution in [-0.4, -0.2) is 116 Å². The van der Waals surface area contributed by atoms with Crippen LogP contribution in [0.1, 0.15) is 66.7 Å². The fourth-order valence-electron chi connectivity index (χ4n) is 7.78. The minimum Gasteiger partial charge on any atom is -0.347 e. The van der Waals surface area contributed by atoms with E-state index in [4.69, 9.17) is 0 Å². The quantitative estimate of drug-likeness (QED) is 0.194. The summed E-state index contributed by atoms with van der Waals surface area (Å²) >= 11 is 0. The number of likely N-dealkylation sites (tertiary alicyclic amines) is 1. The second-order valence-electron chi connectivity index (χ2n) is 15.3. The van der Waals surface area contributed by atoms with E-state index < -0.39 is 74.2 Å². The van der Waals surface area contributed by atoms with Crippen LogP contribution in [0.3, 0.4) is 0 Å². The van der Waals surface area contributed by atoms with E-state index in [0.717, 1.165) is 19.3 Å². The topological polar surface area (TPSA) is 174 Å². The third-order valence-electron chi connectivity index (χ3n) is 10.6. The number of rotatable bonds is 10. The lowest BCUT2D eigenvalue weighted by Gasteiger charge is -2.47. The molecule has 46 heavy (non-hydrogen) atoms. The number of Topliss-reactive ketones (excluding diaryl/α,β-unsaturated/α-hetero) is 1. The smallest absolute Gasteiger partial charge is 0.315 e. The molecule has 13 nitrogen and oxygen atoms in total. The van der Waals surface area contributed by atoms with E-state index in [1.54, 1.807) is 0 Å². The van der Waals surface area contributed by atoms with Gasteiger partial charge in [0.1, 0.15) is 12.1 Å². The molecular weight excluding hydrogens is 612 g/mol. The summed E-state index contributed by atoms with van der Waals surface area (Å²) in [5, 5.41) is 10.1. The van der Waals surface area contributed by atoms with Gasteiger partial charge >= 0.3 is 6.03 Å². The van der Waals surface area contributed by atoms with Crippen molar-refractivity contribution >= 4 is 39.4 Å². The van der Waals surface area contributed by atoms with Gasteiger partial charge in [0.15, 0.2) is 9.84 Å². The Morgan fingerprint density at radius 3 is 2.28 bits per heavy atom. The zero-order chi connectivity index (χ0) is 34.2. The van der Waals surface area contributed by atoms with Gasteiger partial charge < -0.3 is 31.1 Å². The van der Waals surface area contributed by atoms with Gasteiger partial charge in [-0.25, -0.2) is 13.2 Å². The number of sulfone groups is 1. The van der Waals surface area contributed by atoms with Crippen LogP contribution < -0.4 is 21.3 Å². The highest BCUT2D eigenvalue weighted by Crippen LogP contribution is 2.65. The number of nitrogens with zero attached hydrogens (tertiary/aromatic N) is 2. The molecule has 2 saturated carbocycles. The van der Waals surface area contributed by atoms with Gasteiger partial charge in [0.2, 0.25) is 17.6 Å². The first kappa shape index (κ1) is 35.8. The summed E-state index contributed by atoms with van der Waals surface area (Å²) in [5.74, 6) is -2.65. The standard InChI is InChI=1S/C32H52N6O7S/c1-8-14-33-26(40)21(39)17-34-27(41)24-23-20(31(23,5)6)18-38(24)28(42)25(30(2,3)4)35-29(43)36-32(12-10-9-11-13-32)22-19-37(7)15-16-46(22,44)45/h8,20,22-25H,1,9-19H2,2-7H3,(H,33,40)(H,34,41)(H2,35,36,43)/t20-,22+,23-,24-,25+/m0/s1. The summed E-state index contributed by atoms with van der Waals surface area (Å²) in [6.07, 6.45) is 5.04. The lowest BCUT2D eigenvalue weighted by Crippen LogP contribution is -2.68. The number of carbonyl (C=O) groups is 5. The molecule has 0 radical (unpaired) electrons. The molecule has 2 heterocycles. The van der Waals surface area contributed by atoms with Crippen molar-refractivity contribution in [3.63, 3.8) is 0 Å². The lowest BCUT2D eigenvalue weighted by molar-refractivity contribution is -0.144. The second kappa shape index (κ2) is 13.2. The van der Waals surface area contributed by atoms with Gasteiger partial charge in [-0.3, -0.25) is 19.2 Å². The van der Waals surface area contributed by atoms with Gasteiger partial charge in [-0.1, -0.05) is 60.0 Å². The molecule has 0 aromatic rings. The Kier molecular flexibility index (Phi) is 10.3. The largest absolute Gasteiger partial charge is 0.347 e. The molecule has 4 aliphatic rings. The van der Waals surface area contributed by atoms with Crippen LogP contribution in [0.4, 0.5) is 4.79 Å². The molecule has 2 saturated heterocycles. The number of piperidine rings is 1. The maximum Gasteiger partial charge on any atom is 0.315 e. The van der Waals surface area contributed by atoms with E-state index in [2.05, 4.69) is 27.8 Å². The Morgan fingerprint density at radius 1 is 1.02 bits per heavy atom. The summed E-state index contributed by atoms with van der Waals surface area (Å²) < 4.78 is 26.6. The summed E-state index contributed by atoms with van der Waals surface area (Å²) in [6.45, 7) is 13.7. The molecule has 2 aliphatic carbocycles. The molecule has 0 aromatic heterocycles. The molecule has 5 amide bonds. The summed E-state index contributed by atoms with van der Waals surface area (Å²) in [6, 6.07) is -2.51. The van der Waals surface area contributed by atoms with E-state index in [1.165, 1.54) is 11.0 Å². The highest BCUT2D eigenvalue weighted by molar-refractivity contribution is 7.92. The monoisotopic (exact) mass is 664 g/mol. The molecular formula is C32H52N6O7S. The first-order valence-electron chi connectivity index (χ1n) is 16.3. The number of hydrogen-bond acceptors (Lipinski definition) is 8. The maximum absolute atomic E-state index is 14.3. The van der Waals surface area contributed by atoms with Crippen LogP contribution in [0.25, 0.3) is 0 Å². The normalized spacial score (nSPS) is 28.6. The van der Waals surface area contributed by atoms with Crippen LogP contribution in [0.15, 0.2) is 12.7 Å². The molecule has 5 atom stereocenters. The van der Waals surface area contributed by atoms with E-state index >= 15 is 0 Å². The van der Waals surface area contributed by atoms with Crippen molar-refractivity contribution in [1.29, 1.82) is 0 Å². The zero-order valence-corrected chi connectivity index (χ0v) is 28.9. The van der Waals surface area contributed by atoms with Crippen molar-refractivity contribution in [1.82, 2.24) is 31.1 Å². The van der Waals surface area contributed by atoms with Crippen molar-refractivity contribution in [2.75, 3.05) is 45.5 Å². The Labute approximate surface area is 272 Å². The molecule has 2 aliphatic heterocycles. The van der Waals surface area contributed by atoms with Gasteiger partial charge in [-0.15, -0.1) is 6.58 Å². The van der Waals surface area contributed by atoms with Crippen LogP contribution in [-0.2, 0) is 29.0 Å². The van der Waals surface area contributed by atoms with E-state index in [-0.39, 0.29) is 29.5 Å². The average molecular weight is 665 g/mol. The first-order valence-corrected chi connectivity index (χ1v) is 18.1. The van der Waals surface area contributed by atoms with Crippen molar-refractivity contribution in [2.45, 2.75) is 89.6 Å². The predicted octanol–water partition coefficient (Wildman–Crippen LogP) is 0.603. The summed E-state index contributed by atoms with van der Waals surface area (Å²) in [7, 11) is -1.57. The molecule has 14 heteroatoms. The fourth-order valence-corrected chi connectivity index (χ4v) is 10.1. The predicted molar refractivity (Wildman–Crippen MR) is 173 cm³/mol. The Balaban J connectivity index is 1.52. The number of amides is 5. The van der Waals surface area contributed by atoms with Crippen molar-refractivity contribution < 1.29 is 32.4 Å². The number of fused-ring (bicyclic) bond motifs is 1. The maximum atomic E-state index is 14.3. The molecule has 4 N–H and O–H groups in total. The molecule has 0 bridgehead atoms. The van der Waals surface area contributed by atoms with Gasteiger partial charge in [0, 0.05) is 26.2 Å². The van der Waals surface area contributed by atoms with Crippen LogP contribution >= 0.6 is 0 Å². The minimum absolute atomic E-state index is 0.0322. The molecule has 0 spiro atoms. The second-order valence-corrected chi connectivity index (χ2v) is 17.6. The SMILES string of the molecule is C=CCNC(=O)C(=O)CNC(=O)[C@@H]1[C@@H]2[C@H](CN1C(=O)[C@@H](NC(=O)NC1([C@H]3CN(C)CCS3(=O)=O)CCCCC1)C(C)(C)C)C2(C)C. The van der Waals surface area contributed by atoms with E-state index in [9.17, 15) is 32.4 Å². The number of carbonyl (C=O) groups excluding carboxylic acids is 5. The molecule has 0 aromatic carbocycles. The number of nitrogens with one attached hydrogen (secondary N) is 4. The van der Waals surface area contributed by atoms with Gasteiger partial charge in [-0.05, 0) is 42.6 Å². The molecule has 4 fully saturated rings. The van der Waals surface area contributed by atoms with Crippen molar-refractivity contribution in [3.05, 3.63) is 12.7 Å². The third kappa shape index (κ3) is 7.27. The van der Waals surface area contributed by atoms with Gasteiger partial charge in [0.05, 0.1) is 23.1 Å². The average Bonchev–Trinajstić information content (AvgIpc) is 3.28. The lowest BCUT2D eigenvalue weighted by atomic mass is 9.78. The third-order valence-corrected chi connectivity index (χ3v) is 12.8. The minimum atomic E-state index is -3.45. The molecule has 4 rings (SSSR count). The Bertz CT molecular complexity index is 1350. The highest BCUT2D eigenvalue weighted by atomic mass is 32.2. The van der Waals surface area contributed by atoms with Crippen molar-refractivity contribution in [2.24, 2.45) is 22.7 Å². The van der Waals surface area contributed by atoms with Crippen LogP contribution in [0.2, 0.25) is 0 Å². The van der Waals surface area contributed by atoms with E-state index in [1.807, 2.05) is 46.6 Å². The Morgan fingerprint density at radius 2 is 1.67 bits per heavy atom. The Hall–Kier alpha value is -3.00. The number of hydrogen-bond donors (Lipinski definition) is 4. The molecule has 258 valence electrons. The first-order chi connectivity index (χ1) is 21.4. The number of ketones is 1. The fraction of sp³-hybridized carbons (Fsp3) is 0.781. The number of urea groups is 1. The molecule has 0 unspecified atom stereocenters. The van der Waals surface area contributed by atoms with Crippen LogP contribution in [0, 0.1) is 22.7 Å². The van der Waals surface area contributed by atoms with Gasteiger partial charge in [-0.2, -0.15) is 0 Å². The van der Waals surface area contributed by atoms with E-state index in [0.29, 0.717) is 32.5 Å². The summed E-state index contributed by atoms with van der Waals surface area (Å²) in [5.41, 5.74) is -1.90. The zero-order valence-electron chi connectivity index (χ0n) is 28.1. The van der Waals surface area contributed by atoms with Crippen LogP contribution in [0.5, 0.6) is 0 Å². The summed E-state index contributed by atoms with van der Waals surface area (Å²) in [4.78, 5) is 69.3.